The van der Waals surface area contributed by atoms with E-state index in [0.29, 0.717) is 17.3 Å². The summed E-state index contributed by atoms with van der Waals surface area (Å²) < 4.78 is 0. The Labute approximate surface area is 147 Å². The van der Waals surface area contributed by atoms with E-state index >= 15 is 0 Å². The second kappa shape index (κ2) is 7.53. The standard InChI is InChI=1S/C18H24ClN3O2/c1-2-9-21(14-7-8-20-11-14)18(24)13-10-17(23)22(12-13)16-6-4-3-5-15(16)19/h3-6,13-14,20H,2,7-12H2,1H3. The van der Waals surface area contributed by atoms with Crippen molar-refractivity contribution in [1.29, 1.82) is 0 Å². The summed E-state index contributed by atoms with van der Waals surface area (Å²) in [6, 6.07) is 7.55. The number of amides is 2. The summed E-state index contributed by atoms with van der Waals surface area (Å²) in [5.41, 5.74) is 0.698. The lowest BCUT2D eigenvalue weighted by atomic mass is 10.0. The first-order chi connectivity index (χ1) is 11.6. The molecule has 130 valence electrons. The molecule has 0 spiro atoms. The molecule has 0 aliphatic carbocycles. The van der Waals surface area contributed by atoms with Crippen LogP contribution in [0.5, 0.6) is 0 Å². The van der Waals surface area contributed by atoms with Crippen molar-refractivity contribution < 1.29 is 9.59 Å². The van der Waals surface area contributed by atoms with Gasteiger partial charge >= 0.3 is 0 Å². The molecular formula is C18H24ClN3O2. The summed E-state index contributed by atoms with van der Waals surface area (Å²) in [5.74, 6) is -0.197. The van der Waals surface area contributed by atoms with Crippen molar-refractivity contribution in [3.05, 3.63) is 29.3 Å². The van der Waals surface area contributed by atoms with Crippen LogP contribution in [0, 0.1) is 5.92 Å². The molecule has 5 nitrogen and oxygen atoms in total. The minimum absolute atomic E-state index is 0.0255. The van der Waals surface area contributed by atoms with E-state index < -0.39 is 0 Å². The molecule has 2 amide bonds. The number of hydrogen-bond donors (Lipinski definition) is 1. The second-order valence-electron chi connectivity index (χ2n) is 6.54. The van der Waals surface area contributed by atoms with Crippen molar-refractivity contribution in [3.8, 4) is 0 Å². The topological polar surface area (TPSA) is 52.7 Å². The zero-order chi connectivity index (χ0) is 17.1. The highest BCUT2D eigenvalue weighted by Gasteiger charge is 2.39. The van der Waals surface area contributed by atoms with Gasteiger partial charge in [-0.05, 0) is 31.5 Å². The van der Waals surface area contributed by atoms with Gasteiger partial charge in [-0.2, -0.15) is 0 Å². The number of halogens is 1. The van der Waals surface area contributed by atoms with Gasteiger partial charge in [-0.25, -0.2) is 0 Å². The molecule has 24 heavy (non-hydrogen) atoms. The van der Waals surface area contributed by atoms with Gasteiger partial charge in [0.2, 0.25) is 11.8 Å². The average Bonchev–Trinajstić information content (AvgIpc) is 3.22. The van der Waals surface area contributed by atoms with Gasteiger partial charge in [0.25, 0.3) is 0 Å². The van der Waals surface area contributed by atoms with Crippen LogP contribution in [0.15, 0.2) is 24.3 Å². The van der Waals surface area contributed by atoms with Crippen LogP contribution in [-0.4, -0.2) is 48.9 Å². The minimum atomic E-state index is -0.277. The fourth-order valence-electron chi connectivity index (χ4n) is 3.63. The maximum atomic E-state index is 13.0. The van der Waals surface area contributed by atoms with Gasteiger partial charge in [-0.1, -0.05) is 30.7 Å². The predicted octanol–water partition coefficient (Wildman–Crippen LogP) is 2.29. The number of rotatable bonds is 5. The van der Waals surface area contributed by atoms with E-state index in [-0.39, 0.29) is 30.2 Å². The van der Waals surface area contributed by atoms with E-state index in [2.05, 4.69) is 12.2 Å². The normalized spacial score (nSPS) is 23.8. The van der Waals surface area contributed by atoms with E-state index in [1.54, 1.807) is 11.0 Å². The minimum Gasteiger partial charge on any atom is -0.338 e. The van der Waals surface area contributed by atoms with Crippen LogP contribution < -0.4 is 10.2 Å². The van der Waals surface area contributed by atoms with Gasteiger partial charge < -0.3 is 15.1 Å². The summed E-state index contributed by atoms with van der Waals surface area (Å²) >= 11 is 6.22. The molecule has 2 aliphatic rings. The third-order valence-electron chi connectivity index (χ3n) is 4.84. The van der Waals surface area contributed by atoms with Crippen molar-refractivity contribution in [2.24, 2.45) is 5.92 Å². The molecule has 3 rings (SSSR count). The lowest BCUT2D eigenvalue weighted by Crippen LogP contribution is -2.45. The molecule has 0 aromatic heterocycles. The van der Waals surface area contributed by atoms with Crippen LogP contribution in [0.25, 0.3) is 0 Å². The smallest absolute Gasteiger partial charge is 0.228 e. The summed E-state index contributed by atoms with van der Waals surface area (Å²) in [7, 11) is 0. The zero-order valence-electron chi connectivity index (χ0n) is 14.0. The second-order valence-corrected chi connectivity index (χ2v) is 6.94. The van der Waals surface area contributed by atoms with Crippen molar-refractivity contribution >= 4 is 29.1 Å². The predicted molar refractivity (Wildman–Crippen MR) is 95.2 cm³/mol. The Hall–Kier alpha value is -1.59. The highest BCUT2D eigenvalue weighted by Crippen LogP contribution is 2.32. The number of hydrogen-bond acceptors (Lipinski definition) is 3. The lowest BCUT2D eigenvalue weighted by Gasteiger charge is -2.30. The molecule has 2 fully saturated rings. The van der Waals surface area contributed by atoms with E-state index in [1.807, 2.05) is 23.1 Å². The van der Waals surface area contributed by atoms with Gasteiger partial charge in [0.15, 0.2) is 0 Å². The monoisotopic (exact) mass is 349 g/mol. The average molecular weight is 350 g/mol. The van der Waals surface area contributed by atoms with Gasteiger partial charge in [-0.15, -0.1) is 0 Å². The van der Waals surface area contributed by atoms with Crippen LogP contribution in [0.2, 0.25) is 5.02 Å². The number of para-hydroxylation sites is 1. The number of benzene rings is 1. The van der Waals surface area contributed by atoms with Crippen LogP contribution in [-0.2, 0) is 9.59 Å². The summed E-state index contributed by atoms with van der Waals surface area (Å²) in [6.45, 7) is 5.05. The van der Waals surface area contributed by atoms with Gasteiger partial charge in [0.05, 0.1) is 16.6 Å². The molecule has 0 saturated carbocycles. The Morgan fingerprint density at radius 3 is 2.88 bits per heavy atom. The maximum Gasteiger partial charge on any atom is 0.228 e. The molecule has 2 atom stereocenters. The van der Waals surface area contributed by atoms with Crippen LogP contribution in [0.3, 0.4) is 0 Å². The number of carbonyl (C=O) groups is 2. The van der Waals surface area contributed by atoms with E-state index in [9.17, 15) is 9.59 Å². The van der Waals surface area contributed by atoms with Crippen molar-refractivity contribution in [2.75, 3.05) is 31.1 Å². The summed E-state index contributed by atoms with van der Waals surface area (Å²) in [4.78, 5) is 29.1. The van der Waals surface area contributed by atoms with Gasteiger partial charge in [0.1, 0.15) is 0 Å². The molecule has 1 aromatic carbocycles. The Morgan fingerprint density at radius 2 is 2.21 bits per heavy atom. The van der Waals surface area contributed by atoms with Gasteiger partial charge in [-0.3, -0.25) is 9.59 Å². The third-order valence-corrected chi connectivity index (χ3v) is 5.16. The highest BCUT2D eigenvalue weighted by molar-refractivity contribution is 6.33. The molecule has 2 unspecified atom stereocenters. The third kappa shape index (κ3) is 3.42. The molecule has 6 heteroatoms. The summed E-state index contributed by atoms with van der Waals surface area (Å²) in [5, 5.41) is 3.86. The van der Waals surface area contributed by atoms with Crippen molar-refractivity contribution in [2.45, 2.75) is 32.2 Å². The maximum absolute atomic E-state index is 13.0. The van der Waals surface area contributed by atoms with Gasteiger partial charge in [0, 0.05) is 32.1 Å². The first-order valence-corrected chi connectivity index (χ1v) is 9.05. The van der Waals surface area contributed by atoms with Crippen LogP contribution in [0.1, 0.15) is 26.2 Å². The van der Waals surface area contributed by atoms with E-state index in [4.69, 9.17) is 11.6 Å². The first-order valence-electron chi connectivity index (χ1n) is 8.68. The lowest BCUT2D eigenvalue weighted by molar-refractivity contribution is -0.137. The fraction of sp³-hybridized carbons (Fsp3) is 0.556. The SMILES string of the molecule is CCCN(C(=O)C1CC(=O)N(c2ccccc2Cl)C1)C1CCNC1. The Balaban J connectivity index is 1.74. The number of carbonyl (C=O) groups excluding carboxylic acids is 2. The Kier molecular flexibility index (Phi) is 5.41. The largest absolute Gasteiger partial charge is 0.338 e. The summed E-state index contributed by atoms with van der Waals surface area (Å²) in [6.07, 6.45) is 2.18. The fourth-order valence-corrected chi connectivity index (χ4v) is 3.87. The Morgan fingerprint density at radius 1 is 1.42 bits per heavy atom. The zero-order valence-corrected chi connectivity index (χ0v) is 14.8. The number of anilines is 1. The molecule has 0 bridgehead atoms. The quantitative estimate of drug-likeness (QED) is 0.887. The molecule has 2 heterocycles. The molecular weight excluding hydrogens is 326 g/mol. The van der Waals surface area contributed by atoms with Crippen LogP contribution >= 0.6 is 11.6 Å². The van der Waals surface area contributed by atoms with E-state index in [0.717, 1.165) is 32.5 Å². The highest BCUT2D eigenvalue weighted by atomic mass is 35.5. The number of nitrogens with zero attached hydrogens (tertiary/aromatic N) is 2. The molecule has 2 saturated heterocycles. The Bertz CT molecular complexity index is 616. The molecule has 1 N–H and O–H groups in total. The first kappa shape index (κ1) is 17.2. The molecule has 0 radical (unpaired) electrons. The van der Waals surface area contributed by atoms with Crippen molar-refractivity contribution in [1.82, 2.24) is 10.2 Å². The van der Waals surface area contributed by atoms with Crippen molar-refractivity contribution in [3.63, 3.8) is 0 Å². The number of nitrogens with one attached hydrogen (secondary N) is 1. The van der Waals surface area contributed by atoms with Crippen LogP contribution in [0.4, 0.5) is 5.69 Å². The van der Waals surface area contributed by atoms with E-state index in [1.165, 1.54) is 0 Å². The molecule has 2 aliphatic heterocycles. The molecule has 1 aromatic rings.